The summed E-state index contributed by atoms with van der Waals surface area (Å²) in [7, 11) is 0. The van der Waals surface area contributed by atoms with E-state index in [9.17, 15) is 0 Å². The smallest absolute Gasteiger partial charge is 0.129 e. The van der Waals surface area contributed by atoms with E-state index in [2.05, 4.69) is 42.0 Å². The maximum absolute atomic E-state index is 6.07. The second-order valence-electron chi connectivity index (χ2n) is 5.93. The summed E-state index contributed by atoms with van der Waals surface area (Å²) in [5.41, 5.74) is 1.24. The third kappa shape index (κ3) is 3.29. The molecule has 0 fully saturated rings. The van der Waals surface area contributed by atoms with Crippen molar-refractivity contribution in [3.63, 3.8) is 0 Å². The van der Waals surface area contributed by atoms with Crippen LogP contribution in [0.1, 0.15) is 38.3 Å². The number of pyridine rings is 1. The molecule has 0 aliphatic heterocycles. The Hall–Kier alpha value is -2.14. The fraction of sp³-hybridized carbons (Fsp3) is 0.353. The third-order valence-corrected chi connectivity index (χ3v) is 4.12. The fourth-order valence-corrected chi connectivity index (χ4v) is 2.73. The highest BCUT2D eigenvalue weighted by Gasteiger charge is 2.12. The number of nitrogens with zero attached hydrogens (tertiary/aromatic N) is 4. The van der Waals surface area contributed by atoms with E-state index in [1.54, 1.807) is 18.9 Å². The summed E-state index contributed by atoms with van der Waals surface area (Å²) in [6.45, 7) is 6.91. The Morgan fingerprint density at radius 3 is 2.57 bits per heavy atom. The predicted molar refractivity (Wildman–Crippen MR) is 91.1 cm³/mol. The third-order valence-electron chi connectivity index (χ3n) is 3.91. The van der Waals surface area contributed by atoms with Crippen LogP contribution in [0.15, 0.2) is 37.1 Å². The maximum Gasteiger partial charge on any atom is 0.129 e. The van der Waals surface area contributed by atoms with Crippen LogP contribution in [0.4, 0.5) is 0 Å². The number of ether oxygens (including phenoxy) is 1. The van der Waals surface area contributed by atoms with Gasteiger partial charge in [-0.2, -0.15) is 0 Å². The van der Waals surface area contributed by atoms with Gasteiger partial charge < -0.3 is 9.30 Å². The second kappa shape index (κ2) is 6.54. The lowest BCUT2D eigenvalue weighted by Crippen LogP contribution is -2.13. The summed E-state index contributed by atoms with van der Waals surface area (Å²) in [5, 5.41) is 10.2. The number of aromatic nitrogens is 4. The van der Waals surface area contributed by atoms with E-state index < -0.39 is 0 Å². The highest BCUT2D eigenvalue weighted by Crippen LogP contribution is 2.33. The molecule has 3 aromatic rings. The van der Waals surface area contributed by atoms with Crippen LogP contribution in [0, 0.1) is 0 Å². The number of rotatable bonds is 5. The van der Waals surface area contributed by atoms with Crippen molar-refractivity contribution in [2.24, 2.45) is 0 Å². The minimum absolute atomic E-state index is 0.144. The lowest BCUT2D eigenvalue weighted by Gasteiger charge is -2.17. The Balaban J connectivity index is 1.91. The van der Waals surface area contributed by atoms with E-state index in [1.807, 2.05) is 16.7 Å². The first kappa shape index (κ1) is 15.7. The largest absolute Gasteiger partial charge is 0.491 e. The SMILES string of the molecule is CC(C)c1ccc(OC[C@H](C)n2cnnc2)c2cnc(Cl)cc12. The molecule has 120 valence electrons. The first-order chi connectivity index (χ1) is 11.1. The van der Waals surface area contributed by atoms with Crippen molar-refractivity contribution in [2.45, 2.75) is 32.7 Å². The highest BCUT2D eigenvalue weighted by atomic mass is 35.5. The summed E-state index contributed by atoms with van der Waals surface area (Å²) in [5.74, 6) is 1.22. The maximum atomic E-state index is 6.07. The summed E-state index contributed by atoms with van der Waals surface area (Å²) in [6.07, 6.45) is 5.16. The van der Waals surface area contributed by atoms with Crippen molar-refractivity contribution in [2.75, 3.05) is 6.61 Å². The van der Waals surface area contributed by atoms with E-state index in [-0.39, 0.29) is 6.04 Å². The molecule has 0 saturated carbocycles. The normalized spacial score (nSPS) is 12.7. The minimum atomic E-state index is 0.144. The van der Waals surface area contributed by atoms with Crippen LogP contribution < -0.4 is 4.74 Å². The van der Waals surface area contributed by atoms with Crippen LogP contribution in [0.2, 0.25) is 5.15 Å². The summed E-state index contributed by atoms with van der Waals surface area (Å²) in [4.78, 5) is 4.21. The van der Waals surface area contributed by atoms with Gasteiger partial charge in [0.05, 0.1) is 6.04 Å². The van der Waals surface area contributed by atoms with Gasteiger partial charge in [0.2, 0.25) is 0 Å². The molecular weight excluding hydrogens is 312 g/mol. The van der Waals surface area contributed by atoms with Gasteiger partial charge in [0, 0.05) is 11.6 Å². The predicted octanol–water partition coefficient (Wildman–Crippen LogP) is 4.24. The van der Waals surface area contributed by atoms with Crippen molar-refractivity contribution >= 4 is 22.4 Å². The van der Waals surface area contributed by atoms with Crippen LogP contribution >= 0.6 is 11.6 Å². The number of fused-ring (bicyclic) bond motifs is 1. The van der Waals surface area contributed by atoms with E-state index in [0.717, 1.165) is 16.5 Å². The Morgan fingerprint density at radius 2 is 1.87 bits per heavy atom. The molecule has 0 spiro atoms. The van der Waals surface area contributed by atoms with Gasteiger partial charge in [0.25, 0.3) is 0 Å². The molecule has 0 N–H and O–H groups in total. The minimum Gasteiger partial charge on any atom is -0.491 e. The first-order valence-corrected chi connectivity index (χ1v) is 7.99. The molecular formula is C17H19ClN4O. The Labute approximate surface area is 140 Å². The zero-order valence-electron chi connectivity index (χ0n) is 13.4. The lowest BCUT2D eigenvalue weighted by atomic mass is 9.97. The molecule has 5 nitrogen and oxygen atoms in total. The zero-order valence-corrected chi connectivity index (χ0v) is 14.2. The van der Waals surface area contributed by atoms with Crippen molar-refractivity contribution in [3.8, 4) is 5.75 Å². The molecule has 0 amide bonds. The summed E-state index contributed by atoms with van der Waals surface area (Å²) >= 11 is 6.07. The molecule has 1 atom stereocenters. The molecule has 0 aliphatic rings. The molecule has 0 saturated heterocycles. The van der Waals surface area contributed by atoms with Crippen LogP contribution in [-0.4, -0.2) is 26.4 Å². The zero-order chi connectivity index (χ0) is 16.4. The average molecular weight is 331 g/mol. The van der Waals surface area contributed by atoms with E-state index in [1.165, 1.54) is 5.56 Å². The Bertz CT molecular complexity index is 802. The number of hydrogen-bond donors (Lipinski definition) is 0. The number of benzene rings is 1. The topological polar surface area (TPSA) is 52.8 Å². The molecule has 0 unspecified atom stereocenters. The molecule has 0 bridgehead atoms. The fourth-order valence-electron chi connectivity index (χ4n) is 2.57. The van der Waals surface area contributed by atoms with Crippen molar-refractivity contribution in [1.29, 1.82) is 0 Å². The summed E-state index contributed by atoms with van der Waals surface area (Å²) in [6, 6.07) is 6.15. The first-order valence-electron chi connectivity index (χ1n) is 7.61. The molecule has 2 heterocycles. The van der Waals surface area contributed by atoms with Crippen LogP contribution in [0.3, 0.4) is 0 Å². The van der Waals surface area contributed by atoms with Gasteiger partial charge in [-0.05, 0) is 35.9 Å². The number of hydrogen-bond acceptors (Lipinski definition) is 4. The molecule has 0 radical (unpaired) electrons. The monoisotopic (exact) mass is 330 g/mol. The van der Waals surface area contributed by atoms with Gasteiger partial charge in [0.1, 0.15) is 30.2 Å². The highest BCUT2D eigenvalue weighted by molar-refractivity contribution is 6.30. The van der Waals surface area contributed by atoms with Gasteiger partial charge in [-0.15, -0.1) is 10.2 Å². The van der Waals surface area contributed by atoms with E-state index >= 15 is 0 Å². The van der Waals surface area contributed by atoms with E-state index in [4.69, 9.17) is 16.3 Å². The number of halogens is 1. The Kier molecular flexibility index (Phi) is 4.48. The molecule has 3 rings (SSSR count). The van der Waals surface area contributed by atoms with Crippen LogP contribution in [0.25, 0.3) is 10.8 Å². The summed E-state index contributed by atoms with van der Waals surface area (Å²) < 4.78 is 7.94. The lowest BCUT2D eigenvalue weighted by molar-refractivity contribution is 0.263. The molecule has 6 heteroatoms. The van der Waals surface area contributed by atoms with Gasteiger partial charge in [0.15, 0.2) is 0 Å². The van der Waals surface area contributed by atoms with Crippen molar-refractivity contribution in [1.82, 2.24) is 19.7 Å². The van der Waals surface area contributed by atoms with Gasteiger partial charge in [-0.25, -0.2) is 4.98 Å². The van der Waals surface area contributed by atoms with Crippen molar-refractivity contribution in [3.05, 3.63) is 47.8 Å². The van der Waals surface area contributed by atoms with Gasteiger partial charge in [-0.1, -0.05) is 31.5 Å². The molecule has 1 aromatic carbocycles. The second-order valence-corrected chi connectivity index (χ2v) is 6.32. The van der Waals surface area contributed by atoms with Gasteiger partial charge in [-0.3, -0.25) is 0 Å². The molecule has 0 aliphatic carbocycles. The van der Waals surface area contributed by atoms with Crippen LogP contribution in [0.5, 0.6) is 5.75 Å². The quantitative estimate of drug-likeness (QED) is 0.656. The van der Waals surface area contributed by atoms with Crippen molar-refractivity contribution < 1.29 is 4.74 Å². The Morgan fingerprint density at radius 1 is 1.13 bits per heavy atom. The van der Waals surface area contributed by atoms with Gasteiger partial charge >= 0.3 is 0 Å². The standard InChI is InChI=1S/C17H19ClN4O/c1-11(2)13-4-5-16(15-7-19-17(18)6-14(13)15)23-8-12(3)22-9-20-21-10-22/h4-7,9-12H,8H2,1-3H3/t12-/m0/s1. The molecule has 23 heavy (non-hydrogen) atoms. The average Bonchev–Trinajstić information content (AvgIpc) is 3.06. The van der Waals surface area contributed by atoms with E-state index in [0.29, 0.717) is 17.7 Å². The van der Waals surface area contributed by atoms with Crippen LogP contribution in [-0.2, 0) is 0 Å². The molecule has 2 aromatic heterocycles.